The van der Waals surface area contributed by atoms with E-state index in [0.29, 0.717) is 5.03 Å². The maximum absolute atomic E-state index is 11.0. The van der Waals surface area contributed by atoms with Crippen molar-refractivity contribution in [1.29, 1.82) is 0 Å². The number of rotatable bonds is 4. The summed E-state index contributed by atoms with van der Waals surface area (Å²) < 4.78 is 0.818. The molecule has 0 saturated carbocycles. The first-order valence-electron chi connectivity index (χ1n) is 4.87. The second-order valence-corrected chi connectivity index (χ2v) is 5.12. The first-order chi connectivity index (χ1) is 9.11. The van der Waals surface area contributed by atoms with Gasteiger partial charge in [0.1, 0.15) is 11.4 Å². The van der Waals surface area contributed by atoms with E-state index < -0.39 is 4.92 Å². The van der Waals surface area contributed by atoms with Gasteiger partial charge in [-0.05, 0) is 39.8 Å². The number of anilines is 1. The minimum Gasteiger partial charge on any atom is -0.303 e. The minimum atomic E-state index is -0.587. The molecule has 2 heterocycles. The molecule has 0 bridgehead atoms. The molecule has 8 nitrogen and oxygen atoms in total. The second kappa shape index (κ2) is 5.91. The van der Waals surface area contributed by atoms with Gasteiger partial charge in [0.2, 0.25) is 5.82 Å². The van der Waals surface area contributed by atoms with Gasteiger partial charge in [-0.1, -0.05) is 0 Å². The van der Waals surface area contributed by atoms with E-state index in [1.165, 1.54) is 6.33 Å². The van der Waals surface area contributed by atoms with Gasteiger partial charge in [0.25, 0.3) is 0 Å². The highest BCUT2D eigenvalue weighted by Crippen LogP contribution is 2.35. The molecule has 0 aliphatic heterocycles. The summed E-state index contributed by atoms with van der Waals surface area (Å²) in [5.74, 6) is 5.15. The lowest BCUT2D eigenvalue weighted by Gasteiger charge is -2.04. The van der Waals surface area contributed by atoms with Gasteiger partial charge in [-0.15, -0.1) is 0 Å². The quantitative estimate of drug-likeness (QED) is 0.374. The third-order valence-electron chi connectivity index (χ3n) is 2.01. The molecule has 2 aromatic rings. The van der Waals surface area contributed by atoms with E-state index in [-0.39, 0.29) is 16.5 Å². The van der Waals surface area contributed by atoms with Crippen molar-refractivity contribution < 1.29 is 4.92 Å². The largest absolute Gasteiger partial charge is 0.344 e. The molecule has 10 heteroatoms. The molecule has 98 valence electrons. The van der Waals surface area contributed by atoms with E-state index >= 15 is 0 Å². The molecule has 3 N–H and O–H groups in total. The van der Waals surface area contributed by atoms with Crippen LogP contribution in [0.4, 0.5) is 11.5 Å². The van der Waals surface area contributed by atoms with Crippen LogP contribution in [0.25, 0.3) is 0 Å². The summed E-state index contributed by atoms with van der Waals surface area (Å²) >= 11 is 4.32. The van der Waals surface area contributed by atoms with E-state index in [1.807, 2.05) is 0 Å². The number of nitrogens with two attached hydrogens (primary N) is 1. The Morgan fingerprint density at radius 1 is 1.37 bits per heavy atom. The SMILES string of the molecule is NNc1ncnc(Sc2ccc(Br)cn2)c1[N+](=O)[O-]. The molecule has 0 unspecified atom stereocenters. The summed E-state index contributed by atoms with van der Waals surface area (Å²) in [4.78, 5) is 22.2. The summed E-state index contributed by atoms with van der Waals surface area (Å²) in [6.07, 6.45) is 2.79. The van der Waals surface area contributed by atoms with Gasteiger partial charge < -0.3 is 5.43 Å². The topological polar surface area (TPSA) is 120 Å². The lowest BCUT2D eigenvalue weighted by Crippen LogP contribution is -2.12. The number of aromatic nitrogens is 3. The number of nitrogen functional groups attached to an aromatic ring is 1. The molecule has 2 rings (SSSR count). The van der Waals surface area contributed by atoms with Gasteiger partial charge in [0.15, 0.2) is 5.03 Å². The number of nitrogens with zero attached hydrogens (tertiary/aromatic N) is 4. The highest BCUT2D eigenvalue weighted by Gasteiger charge is 2.23. The number of pyridine rings is 1. The van der Waals surface area contributed by atoms with Crippen LogP contribution in [0.2, 0.25) is 0 Å². The Balaban J connectivity index is 2.39. The van der Waals surface area contributed by atoms with Crippen molar-refractivity contribution in [2.45, 2.75) is 10.1 Å². The van der Waals surface area contributed by atoms with Crippen molar-refractivity contribution >= 4 is 39.2 Å². The molecule has 0 aliphatic carbocycles. The van der Waals surface area contributed by atoms with Gasteiger partial charge in [-0.25, -0.2) is 20.8 Å². The molecule has 0 spiro atoms. The van der Waals surface area contributed by atoms with Crippen molar-refractivity contribution in [3.63, 3.8) is 0 Å². The lowest BCUT2D eigenvalue weighted by molar-refractivity contribution is -0.387. The molecular formula is C9H7BrN6O2S. The normalized spacial score (nSPS) is 10.2. The van der Waals surface area contributed by atoms with Crippen LogP contribution in [0, 0.1) is 10.1 Å². The van der Waals surface area contributed by atoms with Crippen LogP contribution < -0.4 is 11.3 Å². The van der Waals surface area contributed by atoms with Crippen molar-refractivity contribution in [1.82, 2.24) is 15.0 Å². The Morgan fingerprint density at radius 3 is 2.74 bits per heavy atom. The summed E-state index contributed by atoms with van der Waals surface area (Å²) in [5, 5.41) is 11.8. The average Bonchev–Trinajstić information content (AvgIpc) is 2.40. The van der Waals surface area contributed by atoms with Crippen LogP contribution in [0.3, 0.4) is 0 Å². The van der Waals surface area contributed by atoms with Crippen molar-refractivity contribution in [3.05, 3.63) is 39.2 Å². The van der Waals surface area contributed by atoms with Crippen LogP contribution in [0.5, 0.6) is 0 Å². The number of halogens is 1. The molecule has 0 amide bonds. The summed E-state index contributed by atoms with van der Waals surface area (Å²) in [7, 11) is 0. The predicted molar refractivity (Wildman–Crippen MR) is 72.6 cm³/mol. The summed E-state index contributed by atoms with van der Waals surface area (Å²) in [5.41, 5.74) is 1.90. The van der Waals surface area contributed by atoms with Crippen molar-refractivity contribution in [2.24, 2.45) is 5.84 Å². The Morgan fingerprint density at radius 2 is 2.16 bits per heavy atom. The highest BCUT2D eigenvalue weighted by molar-refractivity contribution is 9.10. The number of nitrogens with one attached hydrogen (secondary N) is 1. The molecular weight excluding hydrogens is 336 g/mol. The number of hydrazine groups is 1. The summed E-state index contributed by atoms with van der Waals surface area (Å²) in [6, 6.07) is 3.50. The average molecular weight is 343 g/mol. The number of nitro groups is 1. The second-order valence-electron chi connectivity index (χ2n) is 3.19. The van der Waals surface area contributed by atoms with Gasteiger partial charge in [0.05, 0.1) is 4.92 Å². The zero-order valence-electron chi connectivity index (χ0n) is 9.28. The van der Waals surface area contributed by atoms with Gasteiger partial charge in [-0.2, -0.15) is 0 Å². The van der Waals surface area contributed by atoms with E-state index in [1.54, 1.807) is 18.3 Å². The predicted octanol–water partition coefficient (Wildman–Crippen LogP) is 1.98. The van der Waals surface area contributed by atoms with Gasteiger partial charge >= 0.3 is 5.69 Å². The van der Waals surface area contributed by atoms with Crippen molar-refractivity contribution in [2.75, 3.05) is 5.43 Å². The first-order valence-corrected chi connectivity index (χ1v) is 6.48. The Kier molecular flexibility index (Phi) is 4.24. The molecule has 0 saturated heterocycles. The molecule has 0 aromatic carbocycles. The fourth-order valence-electron chi connectivity index (χ4n) is 1.23. The molecule has 19 heavy (non-hydrogen) atoms. The third-order valence-corrected chi connectivity index (χ3v) is 3.42. The molecule has 0 atom stereocenters. The van der Waals surface area contributed by atoms with E-state index in [0.717, 1.165) is 16.2 Å². The smallest absolute Gasteiger partial charge is 0.303 e. The van der Waals surface area contributed by atoms with Crippen LogP contribution in [-0.2, 0) is 0 Å². The fraction of sp³-hybridized carbons (Fsp3) is 0. The van der Waals surface area contributed by atoms with Gasteiger partial charge in [-0.3, -0.25) is 10.1 Å². The fourth-order valence-corrected chi connectivity index (χ4v) is 2.27. The van der Waals surface area contributed by atoms with Crippen LogP contribution >= 0.6 is 27.7 Å². The number of hydrogen-bond acceptors (Lipinski definition) is 8. The van der Waals surface area contributed by atoms with Crippen LogP contribution in [-0.4, -0.2) is 19.9 Å². The van der Waals surface area contributed by atoms with Crippen LogP contribution in [0.15, 0.2) is 39.2 Å². The first kappa shape index (κ1) is 13.6. The van der Waals surface area contributed by atoms with E-state index in [2.05, 4.69) is 36.3 Å². The summed E-state index contributed by atoms with van der Waals surface area (Å²) in [6.45, 7) is 0. The maximum atomic E-state index is 11.0. The molecule has 0 aliphatic rings. The third kappa shape index (κ3) is 3.16. The van der Waals surface area contributed by atoms with E-state index in [9.17, 15) is 10.1 Å². The Labute approximate surface area is 120 Å². The lowest BCUT2D eigenvalue weighted by atomic mass is 10.5. The Bertz CT molecular complexity index is 608. The maximum Gasteiger partial charge on any atom is 0.344 e. The van der Waals surface area contributed by atoms with E-state index in [4.69, 9.17) is 5.84 Å². The van der Waals surface area contributed by atoms with Crippen LogP contribution in [0.1, 0.15) is 0 Å². The monoisotopic (exact) mass is 342 g/mol. The zero-order valence-corrected chi connectivity index (χ0v) is 11.7. The number of hydrogen-bond donors (Lipinski definition) is 2. The Hall–Kier alpha value is -1.78. The van der Waals surface area contributed by atoms with Crippen molar-refractivity contribution in [3.8, 4) is 0 Å². The standard InChI is InChI=1S/C9H7BrN6O2S/c10-5-1-2-6(12-3-5)19-9-7(16(17)18)8(15-11)13-4-14-9/h1-4H,11H2,(H,13,14,15). The molecule has 2 aromatic heterocycles. The molecule has 0 radical (unpaired) electrons. The molecule has 0 fully saturated rings. The zero-order chi connectivity index (χ0) is 13.8. The minimum absolute atomic E-state index is 0.0420. The van der Waals surface area contributed by atoms with Gasteiger partial charge in [0, 0.05) is 10.7 Å². The highest BCUT2D eigenvalue weighted by atomic mass is 79.9.